The van der Waals surface area contributed by atoms with Crippen LogP contribution in [0, 0.1) is 5.82 Å². The summed E-state index contributed by atoms with van der Waals surface area (Å²) < 4.78 is 30.7. The first-order valence-corrected chi connectivity index (χ1v) is 10.5. The molecule has 1 N–H and O–H groups in total. The number of ether oxygens (including phenoxy) is 3. The molecule has 2 heterocycles. The van der Waals surface area contributed by atoms with Crippen molar-refractivity contribution in [1.82, 2.24) is 9.55 Å². The number of nitrogens with one attached hydrogen (secondary N) is 1. The minimum Gasteiger partial charge on any atom is -0.454 e. The van der Waals surface area contributed by atoms with Gasteiger partial charge < -0.3 is 19.5 Å². The first-order valence-electron chi connectivity index (χ1n) is 9.25. The van der Waals surface area contributed by atoms with E-state index < -0.39 is 23.8 Å². The molecule has 1 amide bonds. The fourth-order valence-corrected chi connectivity index (χ4v) is 3.50. The monoisotopic (exact) mass is 443 g/mol. The SMILES string of the molecule is CSc1ncc(C(=O)OC(C)C(=O)Nc2ccc3c(c2)OCO3)n1-c1ccc(F)cc1. The number of amides is 1. The van der Waals surface area contributed by atoms with Crippen LogP contribution in [0.1, 0.15) is 17.4 Å². The number of anilines is 1. The van der Waals surface area contributed by atoms with E-state index in [2.05, 4.69) is 10.3 Å². The molecule has 0 spiro atoms. The number of imidazole rings is 1. The van der Waals surface area contributed by atoms with Gasteiger partial charge in [-0.15, -0.1) is 0 Å². The Morgan fingerprint density at radius 1 is 1.19 bits per heavy atom. The van der Waals surface area contributed by atoms with Crippen LogP contribution in [-0.2, 0) is 9.53 Å². The molecule has 1 atom stereocenters. The maximum absolute atomic E-state index is 13.3. The van der Waals surface area contributed by atoms with Crippen molar-refractivity contribution in [1.29, 1.82) is 0 Å². The molecule has 1 aliphatic rings. The summed E-state index contributed by atoms with van der Waals surface area (Å²) in [6.07, 6.45) is 2.09. The van der Waals surface area contributed by atoms with E-state index in [1.807, 2.05) is 0 Å². The van der Waals surface area contributed by atoms with Gasteiger partial charge in [0.05, 0.1) is 6.20 Å². The number of carbonyl (C=O) groups is 2. The summed E-state index contributed by atoms with van der Waals surface area (Å²) in [6.45, 7) is 1.59. The second-order valence-electron chi connectivity index (χ2n) is 6.55. The predicted octanol–water partition coefficient (Wildman–Crippen LogP) is 3.65. The molecule has 0 radical (unpaired) electrons. The van der Waals surface area contributed by atoms with Gasteiger partial charge in [-0.05, 0) is 49.6 Å². The van der Waals surface area contributed by atoms with Gasteiger partial charge in [-0.1, -0.05) is 11.8 Å². The zero-order valence-electron chi connectivity index (χ0n) is 16.6. The summed E-state index contributed by atoms with van der Waals surface area (Å²) in [7, 11) is 0. The van der Waals surface area contributed by atoms with Crippen LogP contribution in [-0.4, -0.2) is 40.6 Å². The van der Waals surface area contributed by atoms with Crippen molar-refractivity contribution in [2.24, 2.45) is 0 Å². The summed E-state index contributed by atoms with van der Waals surface area (Å²) in [5.41, 5.74) is 1.16. The Hall–Kier alpha value is -3.53. The summed E-state index contributed by atoms with van der Waals surface area (Å²) in [6, 6.07) is 10.6. The standard InChI is InChI=1S/C21H18FN3O5S/c1-12(19(26)24-14-5-8-17-18(9-14)29-11-28-17)30-20(27)16-10-23-21(31-2)25(16)15-6-3-13(22)4-7-15/h3-10,12H,11H2,1-2H3,(H,24,26). The molecule has 8 nitrogen and oxygen atoms in total. The fourth-order valence-electron chi connectivity index (χ4n) is 2.96. The third-order valence-electron chi connectivity index (χ3n) is 4.50. The molecule has 4 rings (SSSR count). The first kappa shape index (κ1) is 20.7. The molecule has 1 unspecified atom stereocenters. The highest BCUT2D eigenvalue weighted by atomic mass is 32.2. The molecule has 160 valence electrons. The van der Waals surface area contributed by atoms with Crippen molar-refractivity contribution in [3.8, 4) is 17.2 Å². The van der Waals surface area contributed by atoms with E-state index in [1.165, 1.54) is 49.1 Å². The number of esters is 1. The molecular formula is C21H18FN3O5S. The number of aromatic nitrogens is 2. The van der Waals surface area contributed by atoms with Crippen LogP contribution in [0.3, 0.4) is 0 Å². The van der Waals surface area contributed by atoms with Gasteiger partial charge >= 0.3 is 5.97 Å². The second kappa shape index (κ2) is 8.68. The Morgan fingerprint density at radius 2 is 1.94 bits per heavy atom. The molecule has 10 heteroatoms. The number of carbonyl (C=O) groups excluding carboxylic acids is 2. The van der Waals surface area contributed by atoms with Crippen LogP contribution in [0.25, 0.3) is 5.69 Å². The van der Waals surface area contributed by atoms with Gasteiger partial charge in [-0.2, -0.15) is 0 Å². The topological polar surface area (TPSA) is 91.7 Å². The number of hydrogen-bond donors (Lipinski definition) is 1. The zero-order valence-corrected chi connectivity index (χ0v) is 17.4. The van der Waals surface area contributed by atoms with Crippen LogP contribution < -0.4 is 14.8 Å². The Balaban J connectivity index is 1.48. The maximum Gasteiger partial charge on any atom is 0.357 e. The summed E-state index contributed by atoms with van der Waals surface area (Å²) in [5, 5.41) is 3.20. The smallest absolute Gasteiger partial charge is 0.357 e. The number of nitrogens with zero attached hydrogens (tertiary/aromatic N) is 2. The maximum atomic E-state index is 13.3. The summed E-state index contributed by atoms with van der Waals surface area (Å²) in [4.78, 5) is 29.5. The summed E-state index contributed by atoms with van der Waals surface area (Å²) >= 11 is 1.32. The lowest BCUT2D eigenvalue weighted by atomic mass is 10.2. The second-order valence-corrected chi connectivity index (χ2v) is 7.32. The van der Waals surface area contributed by atoms with Gasteiger partial charge in [0, 0.05) is 17.4 Å². The third kappa shape index (κ3) is 4.33. The lowest BCUT2D eigenvalue weighted by Gasteiger charge is -2.15. The summed E-state index contributed by atoms with van der Waals surface area (Å²) in [5.74, 6) is -0.519. The van der Waals surface area contributed by atoms with Crippen LogP contribution in [0.15, 0.2) is 53.8 Å². The van der Waals surface area contributed by atoms with E-state index >= 15 is 0 Å². The van der Waals surface area contributed by atoms with Crippen LogP contribution in [0.5, 0.6) is 11.5 Å². The van der Waals surface area contributed by atoms with Crippen LogP contribution >= 0.6 is 11.8 Å². The predicted molar refractivity (Wildman–Crippen MR) is 111 cm³/mol. The minimum atomic E-state index is -1.08. The molecular weight excluding hydrogens is 425 g/mol. The average molecular weight is 443 g/mol. The molecule has 0 saturated heterocycles. The highest BCUT2D eigenvalue weighted by Gasteiger charge is 2.24. The molecule has 1 aliphatic heterocycles. The van der Waals surface area contributed by atoms with Gasteiger partial charge in [-0.25, -0.2) is 14.2 Å². The van der Waals surface area contributed by atoms with Crippen molar-refractivity contribution in [2.45, 2.75) is 18.2 Å². The molecule has 0 aliphatic carbocycles. The van der Waals surface area contributed by atoms with Crippen molar-refractivity contribution in [3.05, 3.63) is 60.2 Å². The van der Waals surface area contributed by atoms with Crippen molar-refractivity contribution in [3.63, 3.8) is 0 Å². The Kier molecular flexibility index (Phi) is 5.81. The van der Waals surface area contributed by atoms with Crippen LogP contribution in [0.4, 0.5) is 10.1 Å². The van der Waals surface area contributed by atoms with E-state index in [-0.39, 0.29) is 12.5 Å². The quantitative estimate of drug-likeness (QED) is 0.459. The van der Waals surface area contributed by atoms with E-state index in [9.17, 15) is 14.0 Å². The highest BCUT2D eigenvalue weighted by Crippen LogP contribution is 2.34. The largest absolute Gasteiger partial charge is 0.454 e. The van der Waals surface area contributed by atoms with Gasteiger partial charge in [0.1, 0.15) is 5.82 Å². The van der Waals surface area contributed by atoms with Gasteiger partial charge in [0.25, 0.3) is 5.91 Å². The van der Waals surface area contributed by atoms with Crippen molar-refractivity contribution < 1.29 is 28.2 Å². The van der Waals surface area contributed by atoms with E-state index in [4.69, 9.17) is 14.2 Å². The molecule has 0 bridgehead atoms. The van der Waals surface area contributed by atoms with Crippen LogP contribution in [0.2, 0.25) is 0 Å². The van der Waals surface area contributed by atoms with E-state index in [0.717, 1.165) is 0 Å². The fraction of sp³-hybridized carbons (Fsp3) is 0.190. The molecule has 3 aromatic rings. The number of hydrogen-bond acceptors (Lipinski definition) is 7. The van der Waals surface area contributed by atoms with E-state index in [1.54, 1.807) is 29.0 Å². The number of thioether (sulfide) groups is 1. The number of rotatable bonds is 6. The molecule has 2 aromatic carbocycles. The minimum absolute atomic E-state index is 0.124. The first-order chi connectivity index (χ1) is 15.0. The van der Waals surface area contributed by atoms with Gasteiger partial charge in [0.15, 0.2) is 28.5 Å². The van der Waals surface area contributed by atoms with Crippen molar-refractivity contribution >= 4 is 29.3 Å². The lowest BCUT2D eigenvalue weighted by molar-refractivity contribution is -0.123. The average Bonchev–Trinajstić information content (AvgIpc) is 3.40. The van der Waals surface area contributed by atoms with Crippen molar-refractivity contribution in [2.75, 3.05) is 18.4 Å². The molecule has 1 aromatic heterocycles. The number of benzene rings is 2. The van der Waals surface area contributed by atoms with E-state index in [0.29, 0.717) is 28.0 Å². The Morgan fingerprint density at radius 3 is 2.68 bits per heavy atom. The van der Waals surface area contributed by atoms with Gasteiger partial charge in [-0.3, -0.25) is 9.36 Å². The third-order valence-corrected chi connectivity index (χ3v) is 5.15. The zero-order chi connectivity index (χ0) is 22.0. The molecule has 0 saturated carbocycles. The highest BCUT2D eigenvalue weighted by molar-refractivity contribution is 7.98. The van der Waals surface area contributed by atoms with Gasteiger partial charge in [0.2, 0.25) is 6.79 Å². The normalized spacial score (nSPS) is 13.0. The number of halogens is 1. The lowest BCUT2D eigenvalue weighted by Crippen LogP contribution is -2.30. The molecule has 0 fully saturated rings. The number of fused-ring (bicyclic) bond motifs is 1. The Bertz CT molecular complexity index is 1130. The Labute approximate surface area is 181 Å². The molecule has 31 heavy (non-hydrogen) atoms.